The number of fused-ring (bicyclic) bond motifs is 2. The summed E-state index contributed by atoms with van der Waals surface area (Å²) in [5, 5.41) is 13.0. The molecule has 0 spiro atoms. The normalized spacial score (nSPS) is 31.3. The Bertz CT molecular complexity index is 1030. The van der Waals surface area contributed by atoms with Gasteiger partial charge in [0, 0.05) is 10.9 Å². The second kappa shape index (κ2) is 8.21. The number of ether oxygens (including phenoxy) is 4. The molecular weight excluding hydrogens is 400 g/mol. The molecule has 0 aromatic heterocycles. The smallest absolute Gasteiger partial charge is 0.184 e. The van der Waals surface area contributed by atoms with Crippen molar-refractivity contribution in [3.05, 3.63) is 77.9 Å². The monoisotopic (exact) mass is 424 g/mol. The molecule has 2 aliphatic heterocycles. The van der Waals surface area contributed by atoms with Crippen LogP contribution in [0.2, 0.25) is 0 Å². The largest absolute Gasteiger partial charge is 0.484 e. The maximum absolute atomic E-state index is 10.9. The first-order valence-corrected chi connectivity index (χ1v) is 10.6. The molecule has 0 amide bonds. The molecule has 2 fully saturated rings. The van der Waals surface area contributed by atoms with Crippen LogP contribution in [0.1, 0.15) is 17.4 Å². The Morgan fingerprint density at radius 2 is 1.73 bits per heavy atom. The lowest BCUT2D eigenvalue weighted by atomic mass is 9.97. The van der Waals surface area contributed by atoms with Crippen LogP contribution in [0.3, 0.4) is 0 Å². The van der Waals surface area contributed by atoms with E-state index in [4.69, 9.17) is 18.9 Å². The molecule has 156 valence electrons. The Kier molecular flexibility index (Phi) is 5.43. The zero-order chi connectivity index (χ0) is 20.7. The number of hydrogen-bond donors (Lipinski definition) is 2. The van der Waals surface area contributed by atoms with Gasteiger partial charge in [-0.25, -0.2) is 0 Å². The Labute approximate surface area is 180 Å². The lowest BCUT2D eigenvalue weighted by Crippen LogP contribution is -2.62. The van der Waals surface area contributed by atoms with Crippen LogP contribution in [-0.2, 0) is 14.2 Å². The van der Waals surface area contributed by atoms with Crippen LogP contribution in [0, 0.1) is 6.92 Å². The van der Waals surface area contributed by atoms with Crippen molar-refractivity contribution in [2.24, 2.45) is 0 Å². The molecule has 2 heterocycles. The molecule has 0 radical (unpaired) electrons. The fraction of sp³-hybridized carbons (Fsp3) is 0.333. The highest BCUT2D eigenvalue weighted by Crippen LogP contribution is 2.38. The van der Waals surface area contributed by atoms with Gasteiger partial charge in [-0.1, -0.05) is 66.7 Å². The number of benzene rings is 3. The van der Waals surface area contributed by atoms with E-state index in [0.29, 0.717) is 6.61 Å². The third kappa shape index (κ3) is 3.59. The molecule has 5 rings (SSSR count). The van der Waals surface area contributed by atoms with Gasteiger partial charge >= 0.3 is 0 Å². The molecule has 3 aromatic carbocycles. The maximum Gasteiger partial charge on any atom is 0.184 e. The summed E-state index contributed by atoms with van der Waals surface area (Å²) < 4.78 is 24.5. The van der Waals surface area contributed by atoms with Crippen LogP contribution in [-0.4, -0.2) is 41.6 Å². The SMILES string of the molecule is Cc1ccc2ccccc2c1O[C@@H]1[C@@H](O)[C@H](S)O[C@@H]2COC(c3ccccc3)O[C@@H]12. The minimum atomic E-state index is -0.956. The number of aliphatic hydroxyl groups is 1. The van der Waals surface area contributed by atoms with Crippen LogP contribution >= 0.6 is 12.6 Å². The van der Waals surface area contributed by atoms with Gasteiger partial charge in [-0.05, 0) is 17.9 Å². The van der Waals surface area contributed by atoms with Crippen molar-refractivity contribution in [1.29, 1.82) is 0 Å². The number of rotatable bonds is 3. The number of thiol groups is 1. The van der Waals surface area contributed by atoms with Crippen molar-refractivity contribution in [1.82, 2.24) is 0 Å². The minimum absolute atomic E-state index is 0.336. The van der Waals surface area contributed by atoms with E-state index in [1.165, 1.54) is 0 Å². The molecule has 1 N–H and O–H groups in total. The van der Waals surface area contributed by atoms with Gasteiger partial charge in [0.2, 0.25) is 0 Å². The third-order valence-electron chi connectivity index (χ3n) is 5.73. The summed E-state index contributed by atoms with van der Waals surface area (Å²) in [6.07, 6.45) is -3.02. The Hall–Kier alpha value is -2.09. The van der Waals surface area contributed by atoms with E-state index in [9.17, 15) is 5.11 Å². The van der Waals surface area contributed by atoms with Crippen molar-refractivity contribution in [2.45, 2.75) is 43.1 Å². The van der Waals surface area contributed by atoms with E-state index >= 15 is 0 Å². The molecule has 3 aromatic rings. The third-order valence-corrected chi connectivity index (χ3v) is 6.16. The molecule has 0 aliphatic carbocycles. The Morgan fingerprint density at radius 3 is 2.57 bits per heavy atom. The van der Waals surface area contributed by atoms with Gasteiger partial charge in [-0.3, -0.25) is 0 Å². The summed E-state index contributed by atoms with van der Waals surface area (Å²) in [5.41, 5.74) is 1.22. The Balaban J connectivity index is 1.49. The zero-order valence-corrected chi connectivity index (χ0v) is 17.4. The van der Waals surface area contributed by atoms with Crippen molar-refractivity contribution in [3.63, 3.8) is 0 Å². The van der Waals surface area contributed by atoms with E-state index in [2.05, 4.69) is 18.7 Å². The number of aliphatic hydroxyl groups excluding tert-OH is 1. The Morgan fingerprint density at radius 1 is 0.967 bits per heavy atom. The van der Waals surface area contributed by atoms with Crippen molar-refractivity contribution < 1.29 is 24.1 Å². The molecule has 0 saturated carbocycles. The molecule has 5 nitrogen and oxygen atoms in total. The maximum atomic E-state index is 10.9. The molecule has 30 heavy (non-hydrogen) atoms. The van der Waals surface area contributed by atoms with Crippen molar-refractivity contribution in [3.8, 4) is 5.75 Å². The number of aryl methyl sites for hydroxylation is 1. The first-order chi connectivity index (χ1) is 14.6. The van der Waals surface area contributed by atoms with Crippen molar-refractivity contribution >= 4 is 23.4 Å². The molecule has 1 unspecified atom stereocenters. The van der Waals surface area contributed by atoms with Crippen molar-refractivity contribution in [2.75, 3.05) is 6.61 Å². The zero-order valence-electron chi connectivity index (χ0n) is 16.5. The molecular formula is C24H24O5S. The van der Waals surface area contributed by atoms with E-state index in [-0.39, 0.29) is 6.10 Å². The summed E-state index contributed by atoms with van der Waals surface area (Å²) in [5.74, 6) is 0.740. The lowest BCUT2D eigenvalue weighted by molar-refractivity contribution is -0.314. The average molecular weight is 425 g/mol. The van der Waals surface area contributed by atoms with Gasteiger partial charge in [0.25, 0.3) is 0 Å². The first kappa shape index (κ1) is 19.8. The molecule has 6 heteroatoms. The summed E-state index contributed by atoms with van der Waals surface area (Å²) in [4.78, 5) is 0. The van der Waals surface area contributed by atoms with Crippen LogP contribution in [0.5, 0.6) is 5.75 Å². The second-order valence-corrected chi connectivity index (χ2v) is 8.26. The molecule has 2 saturated heterocycles. The van der Waals surface area contributed by atoms with Crippen LogP contribution < -0.4 is 4.74 Å². The lowest BCUT2D eigenvalue weighted by Gasteiger charge is -2.47. The summed E-state index contributed by atoms with van der Waals surface area (Å²) in [6.45, 7) is 2.34. The van der Waals surface area contributed by atoms with Gasteiger partial charge in [0.1, 0.15) is 29.5 Å². The predicted octanol–water partition coefficient (Wildman–Crippen LogP) is 4.03. The second-order valence-electron chi connectivity index (χ2n) is 7.75. The van der Waals surface area contributed by atoms with E-state index in [1.54, 1.807) is 0 Å². The molecule has 0 bridgehead atoms. The minimum Gasteiger partial charge on any atom is -0.484 e. The van der Waals surface area contributed by atoms with Crippen LogP contribution in [0.4, 0.5) is 0 Å². The van der Waals surface area contributed by atoms with Crippen LogP contribution in [0.25, 0.3) is 10.8 Å². The quantitative estimate of drug-likeness (QED) is 0.622. The van der Waals surface area contributed by atoms with E-state index in [1.807, 2.05) is 67.6 Å². The fourth-order valence-corrected chi connectivity index (χ4v) is 4.46. The predicted molar refractivity (Wildman–Crippen MR) is 117 cm³/mol. The fourth-order valence-electron chi connectivity index (χ4n) is 4.13. The molecule has 2 aliphatic rings. The highest BCUT2D eigenvalue weighted by Gasteiger charge is 2.50. The van der Waals surface area contributed by atoms with E-state index in [0.717, 1.165) is 27.6 Å². The molecule has 6 atom stereocenters. The topological polar surface area (TPSA) is 57.2 Å². The first-order valence-electron chi connectivity index (χ1n) is 10.1. The van der Waals surface area contributed by atoms with Crippen LogP contribution in [0.15, 0.2) is 66.7 Å². The van der Waals surface area contributed by atoms with Gasteiger partial charge in [-0.15, -0.1) is 12.6 Å². The van der Waals surface area contributed by atoms with E-state index < -0.39 is 30.0 Å². The summed E-state index contributed by atoms with van der Waals surface area (Å²) in [6, 6.07) is 21.9. The van der Waals surface area contributed by atoms with Gasteiger partial charge in [0.15, 0.2) is 12.4 Å². The average Bonchev–Trinajstić information content (AvgIpc) is 2.78. The van der Waals surface area contributed by atoms with Gasteiger partial charge in [-0.2, -0.15) is 0 Å². The van der Waals surface area contributed by atoms with Gasteiger partial charge < -0.3 is 24.1 Å². The summed E-state index contributed by atoms with van der Waals surface area (Å²) in [7, 11) is 0. The number of hydrogen-bond acceptors (Lipinski definition) is 6. The highest BCUT2D eigenvalue weighted by molar-refractivity contribution is 7.80. The summed E-state index contributed by atoms with van der Waals surface area (Å²) >= 11 is 4.43. The highest BCUT2D eigenvalue weighted by atomic mass is 32.1. The van der Waals surface area contributed by atoms with Gasteiger partial charge in [0.05, 0.1) is 6.61 Å². The standard InChI is InChI=1S/C24H24O5S/c1-14-11-12-15-7-5-6-10-17(15)20(14)28-22-19(25)24(30)27-18-13-26-23(29-21(18)22)16-8-3-2-4-9-16/h2-12,18-19,21-25,30H,13H2,1H3/t18-,19-,21-,22-,23?,24+/m1/s1.